The summed E-state index contributed by atoms with van der Waals surface area (Å²) in [4.78, 5) is 5.25. The van der Waals surface area contributed by atoms with E-state index in [-0.39, 0.29) is 0 Å². The van der Waals surface area contributed by atoms with Gasteiger partial charge in [0.25, 0.3) is 0 Å². The van der Waals surface area contributed by atoms with Crippen molar-refractivity contribution in [2.75, 3.05) is 26.2 Å². The van der Waals surface area contributed by atoms with Crippen molar-refractivity contribution in [3.05, 3.63) is 20.3 Å². The molecule has 0 spiro atoms. The number of thiophene rings is 1. The van der Waals surface area contributed by atoms with Gasteiger partial charge in [-0.3, -0.25) is 0 Å². The molecule has 1 rings (SSSR count). The third-order valence-electron chi connectivity index (χ3n) is 2.93. The lowest BCUT2D eigenvalue weighted by Crippen LogP contribution is -2.27. The minimum Gasteiger partial charge on any atom is -0.312 e. The van der Waals surface area contributed by atoms with Gasteiger partial charge >= 0.3 is 0 Å². The molecule has 1 N–H and O–H groups in total. The third kappa shape index (κ3) is 5.51. The Morgan fingerprint density at radius 3 is 2.59 bits per heavy atom. The summed E-state index contributed by atoms with van der Waals surface area (Å²) in [5, 5.41) is 3.51. The van der Waals surface area contributed by atoms with E-state index >= 15 is 0 Å². The summed E-state index contributed by atoms with van der Waals surface area (Å²) < 4.78 is 1.24. The molecule has 17 heavy (non-hydrogen) atoms. The molecule has 0 aliphatic rings. The number of rotatable bonds is 8. The average Bonchev–Trinajstić information content (AvgIpc) is 2.63. The molecule has 0 amide bonds. The van der Waals surface area contributed by atoms with Crippen LogP contribution in [0.25, 0.3) is 0 Å². The standard InChI is InChI=1S/C13H23BrN2S/c1-4-16(5-2)8-6-7-15-10-12-9-13(14)11(3)17-12/h9,15H,4-8,10H2,1-3H3. The Morgan fingerprint density at radius 2 is 2.06 bits per heavy atom. The summed E-state index contributed by atoms with van der Waals surface area (Å²) in [6.07, 6.45) is 1.23. The minimum atomic E-state index is 0.995. The zero-order valence-electron chi connectivity index (χ0n) is 11.1. The van der Waals surface area contributed by atoms with Gasteiger partial charge in [-0.15, -0.1) is 11.3 Å². The van der Waals surface area contributed by atoms with Crippen LogP contribution in [0.2, 0.25) is 0 Å². The van der Waals surface area contributed by atoms with Gasteiger partial charge < -0.3 is 10.2 Å². The van der Waals surface area contributed by atoms with E-state index in [9.17, 15) is 0 Å². The smallest absolute Gasteiger partial charge is 0.0314 e. The van der Waals surface area contributed by atoms with Crippen molar-refractivity contribution in [1.82, 2.24) is 10.2 Å². The molecule has 0 aromatic carbocycles. The van der Waals surface area contributed by atoms with Crippen LogP contribution in [0.1, 0.15) is 30.0 Å². The predicted octanol–water partition coefficient (Wildman–Crippen LogP) is 3.64. The lowest BCUT2D eigenvalue weighted by Gasteiger charge is -2.17. The highest BCUT2D eigenvalue weighted by Gasteiger charge is 2.02. The first-order valence-corrected chi connectivity index (χ1v) is 7.96. The van der Waals surface area contributed by atoms with Gasteiger partial charge in [-0.25, -0.2) is 0 Å². The molecule has 2 nitrogen and oxygen atoms in total. The number of halogens is 1. The topological polar surface area (TPSA) is 15.3 Å². The fourth-order valence-electron chi connectivity index (χ4n) is 1.78. The molecule has 1 heterocycles. The normalized spacial score (nSPS) is 11.4. The lowest BCUT2D eigenvalue weighted by atomic mass is 10.3. The van der Waals surface area contributed by atoms with E-state index in [0.29, 0.717) is 0 Å². The highest BCUT2D eigenvalue weighted by atomic mass is 79.9. The first-order chi connectivity index (χ1) is 8.17. The van der Waals surface area contributed by atoms with E-state index in [2.05, 4.69) is 53.0 Å². The Bertz CT molecular complexity index is 302. The first-order valence-electron chi connectivity index (χ1n) is 6.35. The monoisotopic (exact) mass is 318 g/mol. The van der Waals surface area contributed by atoms with Crippen molar-refractivity contribution < 1.29 is 0 Å². The Morgan fingerprint density at radius 1 is 1.35 bits per heavy atom. The maximum absolute atomic E-state index is 3.55. The van der Waals surface area contributed by atoms with Crippen molar-refractivity contribution in [1.29, 1.82) is 0 Å². The molecule has 0 aliphatic carbocycles. The zero-order valence-corrected chi connectivity index (χ0v) is 13.5. The molecule has 0 saturated heterocycles. The van der Waals surface area contributed by atoms with Crippen LogP contribution in [-0.2, 0) is 6.54 Å². The van der Waals surface area contributed by atoms with Crippen LogP contribution < -0.4 is 5.32 Å². The molecule has 0 aliphatic heterocycles. The van der Waals surface area contributed by atoms with E-state index < -0.39 is 0 Å². The van der Waals surface area contributed by atoms with Crippen LogP contribution in [0.4, 0.5) is 0 Å². The number of nitrogens with one attached hydrogen (secondary N) is 1. The largest absolute Gasteiger partial charge is 0.312 e. The second-order valence-corrected chi connectivity index (χ2v) is 6.37. The van der Waals surface area contributed by atoms with Gasteiger partial charge in [-0.1, -0.05) is 13.8 Å². The van der Waals surface area contributed by atoms with Gasteiger partial charge in [-0.2, -0.15) is 0 Å². The van der Waals surface area contributed by atoms with Gasteiger partial charge in [0.05, 0.1) is 0 Å². The molecule has 0 unspecified atom stereocenters. The van der Waals surface area contributed by atoms with Crippen molar-refractivity contribution in [3.63, 3.8) is 0 Å². The van der Waals surface area contributed by atoms with E-state index in [1.54, 1.807) is 0 Å². The van der Waals surface area contributed by atoms with Crippen molar-refractivity contribution in [3.8, 4) is 0 Å². The van der Waals surface area contributed by atoms with Gasteiger partial charge in [-0.05, 0) is 61.5 Å². The van der Waals surface area contributed by atoms with Crippen LogP contribution in [0.3, 0.4) is 0 Å². The number of nitrogens with zero attached hydrogens (tertiary/aromatic N) is 1. The van der Waals surface area contributed by atoms with Gasteiger partial charge in [0.1, 0.15) is 0 Å². The SMILES string of the molecule is CCN(CC)CCCNCc1cc(Br)c(C)s1. The summed E-state index contributed by atoms with van der Waals surface area (Å²) in [5.41, 5.74) is 0. The second-order valence-electron chi connectivity index (χ2n) is 4.17. The molecule has 0 atom stereocenters. The molecular weight excluding hydrogens is 296 g/mol. The minimum absolute atomic E-state index is 0.995. The average molecular weight is 319 g/mol. The molecule has 1 aromatic rings. The van der Waals surface area contributed by atoms with Crippen LogP contribution in [0, 0.1) is 6.92 Å². The van der Waals surface area contributed by atoms with E-state index in [1.807, 2.05) is 11.3 Å². The van der Waals surface area contributed by atoms with Crippen molar-refractivity contribution in [2.45, 2.75) is 33.7 Å². The van der Waals surface area contributed by atoms with Gasteiger partial charge in [0, 0.05) is 20.8 Å². The Hall–Kier alpha value is 0.1000. The maximum Gasteiger partial charge on any atom is 0.0314 e. The molecule has 0 radical (unpaired) electrons. The summed E-state index contributed by atoms with van der Waals surface area (Å²) in [5.74, 6) is 0. The predicted molar refractivity (Wildman–Crippen MR) is 80.9 cm³/mol. The first kappa shape index (κ1) is 15.2. The molecule has 0 saturated carbocycles. The third-order valence-corrected chi connectivity index (χ3v) is 5.07. The quantitative estimate of drug-likeness (QED) is 0.736. The summed E-state index contributed by atoms with van der Waals surface area (Å²) in [6, 6.07) is 2.22. The molecule has 0 bridgehead atoms. The molecular formula is C13H23BrN2S. The highest BCUT2D eigenvalue weighted by Crippen LogP contribution is 2.25. The van der Waals surface area contributed by atoms with Crippen LogP contribution in [0.5, 0.6) is 0 Å². The van der Waals surface area contributed by atoms with Crippen molar-refractivity contribution >= 4 is 27.3 Å². The van der Waals surface area contributed by atoms with Crippen LogP contribution in [0.15, 0.2) is 10.5 Å². The van der Waals surface area contributed by atoms with Gasteiger partial charge in [0.2, 0.25) is 0 Å². The number of hydrogen-bond donors (Lipinski definition) is 1. The lowest BCUT2D eigenvalue weighted by molar-refractivity contribution is 0.298. The summed E-state index contributed by atoms with van der Waals surface area (Å²) >= 11 is 5.42. The maximum atomic E-state index is 3.55. The van der Waals surface area contributed by atoms with E-state index in [4.69, 9.17) is 0 Å². The Labute approximate surface area is 118 Å². The zero-order chi connectivity index (χ0) is 12.7. The van der Waals surface area contributed by atoms with E-state index in [0.717, 1.165) is 26.2 Å². The fourth-order valence-corrected chi connectivity index (χ4v) is 3.36. The molecule has 0 fully saturated rings. The molecule has 1 aromatic heterocycles. The number of hydrogen-bond acceptors (Lipinski definition) is 3. The Kier molecular flexibility index (Phi) is 7.35. The van der Waals surface area contributed by atoms with Crippen molar-refractivity contribution in [2.24, 2.45) is 0 Å². The van der Waals surface area contributed by atoms with E-state index in [1.165, 1.54) is 27.2 Å². The molecule has 4 heteroatoms. The summed E-state index contributed by atoms with van der Waals surface area (Å²) in [7, 11) is 0. The highest BCUT2D eigenvalue weighted by molar-refractivity contribution is 9.10. The van der Waals surface area contributed by atoms with Crippen LogP contribution in [-0.4, -0.2) is 31.1 Å². The second kappa shape index (κ2) is 8.25. The summed E-state index contributed by atoms with van der Waals surface area (Å²) in [6.45, 7) is 12.2. The van der Waals surface area contributed by atoms with Gasteiger partial charge in [0.15, 0.2) is 0 Å². The molecule has 98 valence electrons. The Balaban J connectivity index is 2.12. The number of aryl methyl sites for hydroxylation is 1. The van der Waals surface area contributed by atoms with Crippen LogP contribution >= 0.6 is 27.3 Å². The fraction of sp³-hybridized carbons (Fsp3) is 0.692.